The molecule has 1 unspecified atom stereocenters. The third-order valence-corrected chi connectivity index (χ3v) is 3.21. The van der Waals surface area contributed by atoms with Crippen LogP contribution in [0.5, 0.6) is 0 Å². The molecule has 2 rings (SSSR count). The van der Waals surface area contributed by atoms with Crippen LogP contribution in [-0.2, 0) is 13.1 Å². The summed E-state index contributed by atoms with van der Waals surface area (Å²) in [5.41, 5.74) is 7.78. The van der Waals surface area contributed by atoms with Gasteiger partial charge in [0.25, 0.3) is 0 Å². The van der Waals surface area contributed by atoms with Crippen LogP contribution in [0.4, 0.5) is 4.39 Å². The molecular formula is C17H21FN2. The lowest BCUT2D eigenvalue weighted by Crippen LogP contribution is -2.33. The number of alkyl halides is 1. The third-order valence-electron chi connectivity index (χ3n) is 3.21. The van der Waals surface area contributed by atoms with Crippen molar-refractivity contribution < 1.29 is 4.39 Å². The maximum atomic E-state index is 13.6. The maximum absolute atomic E-state index is 13.6. The summed E-state index contributed by atoms with van der Waals surface area (Å²) in [7, 11) is 0. The maximum Gasteiger partial charge on any atom is 0.125 e. The molecule has 0 fully saturated rings. The molecule has 0 aliphatic rings. The quantitative estimate of drug-likeness (QED) is 0.839. The molecule has 106 valence electrons. The van der Waals surface area contributed by atoms with Crippen molar-refractivity contribution in [1.82, 2.24) is 4.90 Å². The SMILES string of the molecule is NCC(F)CN(Cc1ccccc1)Cc1ccccc1. The van der Waals surface area contributed by atoms with Crippen molar-refractivity contribution in [2.75, 3.05) is 13.1 Å². The Balaban J connectivity index is 2.04. The standard InChI is InChI=1S/C17H21FN2/c18-17(11-19)14-20(12-15-7-3-1-4-8-15)13-16-9-5-2-6-10-16/h1-10,17H,11-14,19H2. The highest BCUT2D eigenvalue weighted by molar-refractivity contribution is 5.17. The van der Waals surface area contributed by atoms with Crippen LogP contribution in [0.2, 0.25) is 0 Å². The van der Waals surface area contributed by atoms with Crippen LogP contribution < -0.4 is 5.73 Å². The van der Waals surface area contributed by atoms with Gasteiger partial charge >= 0.3 is 0 Å². The highest BCUT2D eigenvalue weighted by atomic mass is 19.1. The predicted molar refractivity (Wildman–Crippen MR) is 80.9 cm³/mol. The first-order chi connectivity index (χ1) is 9.78. The molecule has 2 N–H and O–H groups in total. The van der Waals surface area contributed by atoms with E-state index >= 15 is 0 Å². The van der Waals surface area contributed by atoms with Crippen LogP contribution >= 0.6 is 0 Å². The van der Waals surface area contributed by atoms with Crippen LogP contribution in [0, 0.1) is 0 Å². The second-order valence-corrected chi connectivity index (χ2v) is 4.97. The van der Waals surface area contributed by atoms with Gasteiger partial charge in [-0.3, -0.25) is 4.90 Å². The largest absolute Gasteiger partial charge is 0.328 e. The summed E-state index contributed by atoms with van der Waals surface area (Å²) < 4.78 is 13.6. The van der Waals surface area contributed by atoms with Crippen molar-refractivity contribution in [2.24, 2.45) is 5.73 Å². The fraction of sp³-hybridized carbons (Fsp3) is 0.294. The first kappa shape index (κ1) is 14.7. The van der Waals surface area contributed by atoms with Crippen molar-refractivity contribution in [2.45, 2.75) is 19.3 Å². The first-order valence-corrected chi connectivity index (χ1v) is 6.92. The zero-order valence-corrected chi connectivity index (χ0v) is 11.6. The van der Waals surface area contributed by atoms with E-state index in [0.29, 0.717) is 6.54 Å². The Bertz CT molecular complexity index is 445. The van der Waals surface area contributed by atoms with Crippen molar-refractivity contribution in [1.29, 1.82) is 0 Å². The second-order valence-electron chi connectivity index (χ2n) is 4.97. The molecule has 2 aromatic rings. The van der Waals surface area contributed by atoms with Gasteiger partial charge in [-0.05, 0) is 11.1 Å². The van der Waals surface area contributed by atoms with E-state index in [1.54, 1.807) is 0 Å². The van der Waals surface area contributed by atoms with Crippen molar-refractivity contribution >= 4 is 0 Å². The van der Waals surface area contributed by atoms with E-state index in [-0.39, 0.29) is 6.54 Å². The van der Waals surface area contributed by atoms with Gasteiger partial charge in [0, 0.05) is 26.2 Å². The van der Waals surface area contributed by atoms with Gasteiger partial charge in [0.05, 0.1) is 0 Å². The van der Waals surface area contributed by atoms with Crippen LogP contribution in [0.1, 0.15) is 11.1 Å². The van der Waals surface area contributed by atoms with Gasteiger partial charge in [0.1, 0.15) is 6.17 Å². The molecule has 0 saturated carbocycles. The second kappa shape index (κ2) is 7.78. The monoisotopic (exact) mass is 272 g/mol. The molecular weight excluding hydrogens is 251 g/mol. The molecule has 0 saturated heterocycles. The fourth-order valence-corrected chi connectivity index (χ4v) is 2.22. The molecule has 2 aromatic carbocycles. The third kappa shape index (κ3) is 4.76. The smallest absolute Gasteiger partial charge is 0.125 e. The summed E-state index contributed by atoms with van der Waals surface area (Å²) in [5.74, 6) is 0. The van der Waals surface area contributed by atoms with E-state index in [0.717, 1.165) is 13.1 Å². The fourth-order valence-electron chi connectivity index (χ4n) is 2.22. The normalized spacial score (nSPS) is 12.6. The molecule has 0 aliphatic heterocycles. The Morgan fingerprint density at radius 2 is 1.30 bits per heavy atom. The Labute approximate surface area is 120 Å². The summed E-state index contributed by atoms with van der Waals surface area (Å²) in [6.07, 6.45) is -0.984. The average Bonchev–Trinajstić information content (AvgIpc) is 2.49. The van der Waals surface area contributed by atoms with E-state index in [1.165, 1.54) is 11.1 Å². The first-order valence-electron chi connectivity index (χ1n) is 6.92. The molecule has 3 heteroatoms. The summed E-state index contributed by atoms with van der Waals surface area (Å²) >= 11 is 0. The number of hydrogen-bond donors (Lipinski definition) is 1. The summed E-state index contributed by atoms with van der Waals surface area (Å²) in [4.78, 5) is 2.10. The van der Waals surface area contributed by atoms with Crippen molar-refractivity contribution in [3.8, 4) is 0 Å². The van der Waals surface area contributed by atoms with Crippen LogP contribution in [-0.4, -0.2) is 24.2 Å². The molecule has 0 spiro atoms. The minimum Gasteiger partial charge on any atom is -0.328 e. The Hall–Kier alpha value is -1.71. The van der Waals surface area contributed by atoms with Gasteiger partial charge in [0.2, 0.25) is 0 Å². The van der Waals surface area contributed by atoms with E-state index in [4.69, 9.17) is 5.73 Å². The van der Waals surface area contributed by atoms with E-state index in [1.807, 2.05) is 36.4 Å². The van der Waals surface area contributed by atoms with Gasteiger partial charge in [-0.1, -0.05) is 60.7 Å². The van der Waals surface area contributed by atoms with E-state index in [9.17, 15) is 4.39 Å². The molecule has 0 radical (unpaired) electrons. The Kier molecular flexibility index (Phi) is 5.71. The Morgan fingerprint density at radius 1 is 0.850 bits per heavy atom. The molecule has 20 heavy (non-hydrogen) atoms. The zero-order valence-electron chi connectivity index (χ0n) is 11.6. The van der Waals surface area contributed by atoms with Gasteiger partial charge in [0.15, 0.2) is 0 Å². The van der Waals surface area contributed by atoms with Crippen molar-refractivity contribution in [3.05, 3.63) is 71.8 Å². The molecule has 0 aromatic heterocycles. The van der Waals surface area contributed by atoms with E-state index < -0.39 is 6.17 Å². The molecule has 2 nitrogen and oxygen atoms in total. The van der Waals surface area contributed by atoms with Crippen LogP contribution in [0.25, 0.3) is 0 Å². The summed E-state index contributed by atoms with van der Waals surface area (Å²) in [5, 5.41) is 0. The lowest BCUT2D eigenvalue weighted by atomic mass is 10.1. The lowest BCUT2D eigenvalue weighted by molar-refractivity contribution is 0.181. The van der Waals surface area contributed by atoms with Gasteiger partial charge in [-0.15, -0.1) is 0 Å². The zero-order chi connectivity index (χ0) is 14.2. The number of nitrogens with zero attached hydrogens (tertiary/aromatic N) is 1. The molecule has 1 atom stereocenters. The van der Waals surface area contributed by atoms with E-state index in [2.05, 4.69) is 29.2 Å². The molecule has 0 bridgehead atoms. The van der Waals surface area contributed by atoms with Crippen molar-refractivity contribution in [3.63, 3.8) is 0 Å². The predicted octanol–water partition coefficient (Wildman–Crippen LogP) is 2.99. The highest BCUT2D eigenvalue weighted by Crippen LogP contribution is 2.11. The number of benzene rings is 2. The number of hydrogen-bond acceptors (Lipinski definition) is 2. The number of halogens is 1. The molecule has 0 aliphatic carbocycles. The minimum absolute atomic E-state index is 0.0695. The molecule has 0 heterocycles. The summed E-state index contributed by atoms with van der Waals surface area (Å²) in [6, 6.07) is 20.3. The number of nitrogens with two attached hydrogens (primary N) is 1. The average molecular weight is 272 g/mol. The lowest BCUT2D eigenvalue weighted by Gasteiger charge is -2.24. The Morgan fingerprint density at radius 3 is 1.70 bits per heavy atom. The van der Waals surface area contributed by atoms with Gasteiger partial charge in [-0.2, -0.15) is 0 Å². The van der Waals surface area contributed by atoms with Gasteiger partial charge < -0.3 is 5.73 Å². The van der Waals surface area contributed by atoms with Gasteiger partial charge in [-0.25, -0.2) is 4.39 Å². The number of rotatable bonds is 7. The minimum atomic E-state index is -0.984. The van der Waals surface area contributed by atoms with Crippen LogP contribution in [0.15, 0.2) is 60.7 Å². The van der Waals surface area contributed by atoms with Crippen LogP contribution in [0.3, 0.4) is 0 Å². The topological polar surface area (TPSA) is 29.3 Å². The highest BCUT2D eigenvalue weighted by Gasteiger charge is 2.13. The summed E-state index contributed by atoms with van der Waals surface area (Å²) in [6.45, 7) is 1.90. The molecule has 0 amide bonds.